The van der Waals surface area contributed by atoms with Crippen molar-refractivity contribution in [1.82, 2.24) is 20.9 Å². The number of carboxylic acid groups (broad SMARTS) is 1. The smallest absolute Gasteiger partial charge is 0.326 e. The Morgan fingerprint density at radius 2 is 1.50 bits per heavy atom. The molecule has 0 spiro atoms. The first kappa shape index (κ1) is 31.8. The maximum atomic E-state index is 13.2. The minimum absolute atomic E-state index is 0.0673. The number of fused-ring (bicyclic) bond motifs is 1. The summed E-state index contributed by atoms with van der Waals surface area (Å²) in [5.41, 5.74) is 13.5. The molecule has 13 nitrogen and oxygen atoms in total. The summed E-state index contributed by atoms with van der Waals surface area (Å²) in [6.07, 6.45) is -0.134. The molecule has 0 saturated heterocycles. The zero-order chi connectivity index (χ0) is 30.8. The van der Waals surface area contributed by atoms with Crippen molar-refractivity contribution in [3.63, 3.8) is 0 Å². The summed E-state index contributed by atoms with van der Waals surface area (Å²) in [5.74, 6) is -4.55. The molecule has 1 aromatic heterocycles. The molecule has 1 heterocycles. The van der Waals surface area contributed by atoms with Crippen LogP contribution < -0.4 is 27.4 Å². The number of para-hydroxylation sites is 1. The number of aliphatic hydroxyl groups excluding tert-OH is 1. The van der Waals surface area contributed by atoms with Gasteiger partial charge in [0.05, 0.1) is 12.1 Å². The predicted molar refractivity (Wildman–Crippen MR) is 154 cm³/mol. The van der Waals surface area contributed by atoms with Crippen molar-refractivity contribution in [3.05, 3.63) is 71.9 Å². The molecule has 224 valence electrons. The van der Waals surface area contributed by atoms with E-state index in [1.807, 2.05) is 24.3 Å². The third-order valence-electron chi connectivity index (χ3n) is 6.72. The first-order valence-corrected chi connectivity index (χ1v) is 13.4. The Morgan fingerprint density at radius 1 is 0.857 bits per heavy atom. The molecule has 42 heavy (non-hydrogen) atoms. The Bertz CT molecular complexity index is 1410. The van der Waals surface area contributed by atoms with Crippen LogP contribution in [0.3, 0.4) is 0 Å². The van der Waals surface area contributed by atoms with Gasteiger partial charge in [-0.2, -0.15) is 0 Å². The number of primary amides is 1. The van der Waals surface area contributed by atoms with Crippen LogP contribution in [0.4, 0.5) is 0 Å². The highest BCUT2D eigenvalue weighted by Gasteiger charge is 2.33. The monoisotopic (exact) mass is 580 g/mol. The van der Waals surface area contributed by atoms with Crippen molar-refractivity contribution >= 4 is 40.5 Å². The van der Waals surface area contributed by atoms with E-state index in [9.17, 15) is 34.2 Å². The van der Waals surface area contributed by atoms with E-state index in [1.54, 1.807) is 36.5 Å². The fourth-order valence-corrected chi connectivity index (χ4v) is 4.44. The van der Waals surface area contributed by atoms with E-state index in [1.165, 1.54) is 6.92 Å². The second kappa shape index (κ2) is 14.8. The van der Waals surface area contributed by atoms with Crippen LogP contribution in [0.2, 0.25) is 0 Å². The molecule has 3 rings (SSSR count). The Kier molecular flexibility index (Phi) is 11.2. The van der Waals surface area contributed by atoms with E-state index in [0.717, 1.165) is 16.5 Å². The summed E-state index contributed by atoms with van der Waals surface area (Å²) in [6.45, 7) is 1.24. The van der Waals surface area contributed by atoms with Crippen molar-refractivity contribution in [2.75, 3.05) is 0 Å². The van der Waals surface area contributed by atoms with Crippen LogP contribution in [0.15, 0.2) is 60.8 Å². The fraction of sp³-hybridized carbons (Fsp3) is 0.345. The second-order valence-electron chi connectivity index (χ2n) is 10.1. The van der Waals surface area contributed by atoms with Crippen LogP contribution in [-0.2, 0) is 36.8 Å². The normalized spacial score (nSPS) is 14.6. The van der Waals surface area contributed by atoms with Crippen LogP contribution in [0.1, 0.15) is 30.9 Å². The molecule has 0 aliphatic heterocycles. The van der Waals surface area contributed by atoms with Crippen molar-refractivity contribution in [2.45, 2.75) is 62.9 Å². The fourth-order valence-electron chi connectivity index (χ4n) is 4.44. The SMILES string of the molecule is CC(O)C(NC(=O)C(CCC(N)=O)NC(=O)C(N)Cc1ccccc1)C(=O)NC(Cc1c[nH]c2ccccc12)C(=O)O. The van der Waals surface area contributed by atoms with Crippen LogP contribution in [0, 0.1) is 0 Å². The number of carbonyl (C=O) groups is 5. The Labute approximate surface area is 242 Å². The largest absolute Gasteiger partial charge is 0.480 e. The molecule has 5 unspecified atom stereocenters. The highest BCUT2D eigenvalue weighted by atomic mass is 16.4. The molecule has 0 radical (unpaired) electrons. The summed E-state index contributed by atoms with van der Waals surface area (Å²) in [4.78, 5) is 65.6. The summed E-state index contributed by atoms with van der Waals surface area (Å²) >= 11 is 0. The lowest BCUT2D eigenvalue weighted by molar-refractivity contribution is -0.143. The number of nitrogens with one attached hydrogen (secondary N) is 4. The van der Waals surface area contributed by atoms with Gasteiger partial charge in [-0.05, 0) is 37.0 Å². The molecule has 10 N–H and O–H groups in total. The molecule has 3 aromatic rings. The van der Waals surface area contributed by atoms with Gasteiger partial charge in [0.25, 0.3) is 0 Å². The van der Waals surface area contributed by atoms with Crippen molar-refractivity contribution < 1.29 is 34.2 Å². The van der Waals surface area contributed by atoms with Crippen molar-refractivity contribution in [2.24, 2.45) is 11.5 Å². The van der Waals surface area contributed by atoms with Gasteiger partial charge >= 0.3 is 5.97 Å². The lowest BCUT2D eigenvalue weighted by Crippen LogP contribution is -2.60. The van der Waals surface area contributed by atoms with E-state index in [-0.39, 0.29) is 25.7 Å². The number of aliphatic carboxylic acids is 1. The number of H-pyrrole nitrogens is 1. The first-order valence-electron chi connectivity index (χ1n) is 13.4. The summed E-state index contributed by atoms with van der Waals surface area (Å²) in [6, 6.07) is 11.0. The summed E-state index contributed by atoms with van der Waals surface area (Å²) in [5, 5.41) is 28.1. The molecule has 5 atom stereocenters. The number of carboxylic acids is 1. The number of aliphatic hydroxyl groups is 1. The molecule has 4 amide bonds. The van der Waals surface area contributed by atoms with E-state index in [4.69, 9.17) is 11.5 Å². The maximum absolute atomic E-state index is 13.2. The third-order valence-corrected chi connectivity index (χ3v) is 6.72. The minimum atomic E-state index is -1.58. The van der Waals surface area contributed by atoms with Gasteiger partial charge in [0.2, 0.25) is 23.6 Å². The van der Waals surface area contributed by atoms with E-state index < -0.39 is 59.9 Å². The van der Waals surface area contributed by atoms with Gasteiger partial charge in [-0.3, -0.25) is 19.2 Å². The van der Waals surface area contributed by atoms with Crippen LogP contribution in [-0.4, -0.2) is 75.1 Å². The average Bonchev–Trinajstić information content (AvgIpc) is 3.36. The number of amides is 4. The van der Waals surface area contributed by atoms with Crippen LogP contribution in [0.5, 0.6) is 0 Å². The molecule has 0 fully saturated rings. The van der Waals surface area contributed by atoms with Gasteiger partial charge in [-0.1, -0.05) is 48.5 Å². The molecular weight excluding hydrogens is 544 g/mol. The Morgan fingerprint density at radius 3 is 2.14 bits per heavy atom. The summed E-state index contributed by atoms with van der Waals surface area (Å²) < 4.78 is 0. The quantitative estimate of drug-likeness (QED) is 0.116. The van der Waals surface area contributed by atoms with E-state index >= 15 is 0 Å². The summed E-state index contributed by atoms with van der Waals surface area (Å²) in [7, 11) is 0. The number of carbonyl (C=O) groups excluding carboxylic acids is 4. The van der Waals surface area contributed by atoms with Gasteiger partial charge in [-0.15, -0.1) is 0 Å². The van der Waals surface area contributed by atoms with Gasteiger partial charge in [0.15, 0.2) is 0 Å². The Balaban J connectivity index is 1.70. The van der Waals surface area contributed by atoms with Crippen molar-refractivity contribution in [3.8, 4) is 0 Å². The zero-order valence-electron chi connectivity index (χ0n) is 23.1. The molecular formula is C29H36N6O7. The van der Waals surface area contributed by atoms with Gasteiger partial charge in [-0.25, -0.2) is 4.79 Å². The van der Waals surface area contributed by atoms with Gasteiger partial charge in [0.1, 0.15) is 18.1 Å². The van der Waals surface area contributed by atoms with Crippen molar-refractivity contribution in [1.29, 1.82) is 0 Å². The first-order chi connectivity index (χ1) is 20.0. The lowest BCUT2D eigenvalue weighted by Gasteiger charge is -2.26. The predicted octanol–water partition coefficient (Wildman–Crippen LogP) is -0.534. The second-order valence-corrected chi connectivity index (χ2v) is 10.1. The number of hydrogen-bond acceptors (Lipinski definition) is 7. The molecule has 0 bridgehead atoms. The van der Waals surface area contributed by atoms with Gasteiger partial charge in [0, 0.05) is 29.9 Å². The third kappa shape index (κ3) is 8.88. The molecule has 0 aliphatic rings. The Hall–Kier alpha value is -4.75. The number of aromatic nitrogens is 1. The number of nitrogens with two attached hydrogens (primary N) is 2. The lowest BCUT2D eigenvalue weighted by atomic mass is 10.0. The van der Waals surface area contributed by atoms with E-state index in [2.05, 4.69) is 20.9 Å². The molecule has 0 aliphatic carbocycles. The topological polar surface area (TPSA) is 230 Å². The molecule has 0 saturated carbocycles. The standard InChI is InChI=1S/C29H36N6O7/c1-16(36)25(28(40)34-23(29(41)42)14-18-15-32-21-10-6-5-9-19(18)21)35-27(39)22(11-12-24(31)37)33-26(38)20(30)13-17-7-3-2-4-8-17/h2-10,15-16,20,22-23,25,32,36H,11-14,30H2,1H3,(H2,31,37)(H,33,38)(H,34,40)(H,35,39)(H,41,42). The van der Waals surface area contributed by atoms with E-state index in [0.29, 0.717) is 5.56 Å². The number of rotatable bonds is 15. The minimum Gasteiger partial charge on any atom is -0.480 e. The average molecular weight is 581 g/mol. The maximum Gasteiger partial charge on any atom is 0.326 e. The molecule has 13 heteroatoms. The highest BCUT2D eigenvalue weighted by Crippen LogP contribution is 2.19. The zero-order valence-corrected chi connectivity index (χ0v) is 23.1. The van der Waals surface area contributed by atoms with Gasteiger partial charge < -0.3 is 42.6 Å². The van der Waals surface area contributed by atoms with Crippen LogP contribution >= 0.6 is 0 Å². The number of benzene rings is 2. The number of hydrogen-bond donors (Lipinski definition) is 8. The number of aromatic amines is 1. The van der Waals surface area contributed by atoms with Crippen LogP contribution in [0.25, 0.3) is 10.9 Å². The highest BCUT2D eigenvalue weighted by molar-refractivity contribution is 5.95. The molecule has 2 aromatic carbocycles.